The van der Waals surface area contributed by atoms with Crippen molar-refractivity contribution in [1.82, 2.24) is 0 Å². The van der Waals surface area contributed by atoms with Crippen LogP contribution in [0.1, 0.15) is 16.5 Å². The molecule has 170 valence electrons. The van der Waals surface area contributed by atoms with Crippen molar-refractivity contribution in [3.05, 3.63) is 83.2 Å². The minimum Gasteiger partial charge on any atom is -0.493 e. The maximum Gasteiger partial charge on any atom is 0.461 e. The van der Waals surface area contributed by atoms with Crippen molar-refractivity contribution >= 4 is 39.1 Å². The molecule has 0 radical (unpaired) electrons. The Morgan fingerprint density at radius 1 is 1.03 bits per heavy atom. The van der Waals surface area contributed by atoms with Gasteiger partial charge in [-0.05, 0) is 41.6 Å². The fourth-order valence-electron chi connectivity index (χ4n) is 4.12. The van der Waals surface area contributed by atoms with Gasteiger partial charge in [0.05, 0.1) is 30.3 Å². The SMILES string of the molecule is OC1c2ccc(-c3ccccc3NSC(F)(F)F)cc2OCC1Cc1cc2ccccc2s1. The lowest BCUT2D eigenvalue weighted by Gasteiger charge is -2.30. The number of nitrogens with one attached hydrogen (secondary N) is 1. The van der Waals surface area contributed by atoms with Gasteiger partial charge >= 0.3 is 5.51 Å². The summed E-state index contributed by atoms with van der Waals surface area (Å²) in [6.45, 7) is 0.371. The molecule has 0 saturated carbocycles. The summed E-state index contributed by atoms with van der Waals surface area (Å²) in [4.78, 5) is 1.20. The summed E-state index contributed by atoms with van der Waals surface area (Å²) < 4.78 is 47.6. The van der Waals surface area contributed by atoms with Crippen LogP contribution >= 0.6 is 23.3 Å². The highest BCUT2D eigenvalue weighted by Crippen LogP contribution is 2.42. The molecule has 3 aromatic carbocycles. The van der Waals surface area contributed by atoms with E-state index in [-0.39, 0.29) is 17.9 Å². The largest absolute Gasteiger partial charge is 0.493 e. The van der Waals surface area contributed by atoms with Gasteiger partial charge in [0.25, 0.3) is 0 Å². The number of para-hydroxylation sites is 1. The number of rotatable bonds is 5. The molecular weight excluding hydrogens is 467 g/mol. The van der Waals surface area contributed by atoms with E-state index in [0.29, 0.717) is 35.6 Å². The number of hydrogen-bond acceptors (Lipinski definition) is 5. The molecule has 0 amide bonds. The molecule has 0 fully saturated rings. The summed E-state index contributed by atoms with van der Waals surface area (Å²) in [5.74, 6) is 0.486. The van der Waals surface area contributed by atoms with Gasteiger partial charge in [-0.3, -0.25) is 0 Å². The molecule has 3 nitrogen and oxygen atoms in total. The molecule has 1 aromatic heterocycles. The molecule has 5 rings (SSSR count). The third kappa shape index (κ3) is 4.83. The van der Waals surface area contributed by atoms with E-state index in [4.69, 9.17) is 4.74 Å². The molecule has 2 atom stereocenters. The molecule has 0 bridgehead atoms. The van der Waals surface area contributed by atoms with Gasteiger partial charge in [-0.15, -0.1) is 11.3 Å². The Hall–Kier alpha value is -2.68. The Kier molecular flexibility index (Phi) is 5.99. The van der Waals surface area contributed by atoms with Gasteiger partial charge in [0.15, 0.2) is 0 Å². The fourth-order valence-corrected chi connectivity index (χ4v) is 5.68. The number of fused-ring (bicyclic) bond motifs is 2. The molecule has 1 aliphatic heterocycles. The number of benzene rings is 3. The predicted octanol–water partition coefficient (Wildman–Crippen LogP) is 7.43. The fraction of sp³-hybridized carbons (Fsp3) is 0.200. The minimum absolute atomic E-state index is 0.0754. The van der Waals surface area contributed by atoms with Crippen LogP contribution in [0, 0.1) is 5.92 Å². The normalized spacial score (nSPS) is 18.1. The van der Waals surface area contributed by atoms with Crippen molar-refractivity contribution < 1.29 is 23.0 Å². The standard InChI is InChI=1S/C25H20F3NO2S2/c26-25(27,28)33-29-21-7-3-2-6-19(21)15-9-10-20-22(13-15)31-14-17(24(20)30)12-18-11-16-5-1-4-8-23(16)32-18/h1-11,13,17,24,29-30H,12,14H2. The van der Waals surface area contributed by atoms with Gasteiger partial charge in [-0.2, -0.15) is 13.2 Å². The van der Waals surface area contributed by atoms with Gasteiger partial charge < -0.3 is 14.6 Å². The second-order valence-corrected chi connectivity index (χ2v) is 9.96. The Balaban J connectivity index is 1.36. The highest BCUT2D eigenvalue weighted by molar-refractivity contribution is 8.01. The summed E-state index contributed by atoms with van der Waals surface area (Å²) in [5.41, 5.74) is -1.98. The zero-order chi connectivity index (χ0) is 23.0. The van der Waals surface area contributed by atoms with Crippen molar-refractivity contribution in [1.29, 1.82) is 0 Å². The van der Waals surface area contributed by atoms with E-state index in [1.54, 1.807) is 47.7 Å². The average molecular weight is 488 g/mol. The second-order valence-electron chi connectivity index (χ2n) is 7.92. The lowest BCUT2D eigenvalue weighted by Crippen LogP contribution is -2.27. The van der Waals surface area contributed by atoms with Gasteiger partial charge in [-0.1, -0.05) is 48.5 Å². The van der Waals surface area contributed by atoms with Crippen LogP contribution < -0.4 is 9.46 Å². The quantitative estimate of drug-likeness (QED) is 0.287. The number of alkyl halides is 3. The van der Waals surface area contributed by atoms with Crippen molar-refractivity contribution in [2.75, 3.05) is 11.3 Å². The van der Waals surface area contributed by atoms with Crippen molar-refractivity contribution in [2.24, 2.45) is 5.92 Å². The first kappa shape index (κ1) is 22.1. The topological polar surface area (TPSA) is 41.5 Å². The van der Waals surface area contributed by atoms with Gasteiger partial charge in [0.1, 0.15) is 5.75 Å². The third-order valence-electron chi connectivity index (χ3n) is 5.69. The first-order valence-corrected chi connectivity index (χ1v) is 12.0. The maximum atomic E-state index is 12.7. The van der Waals surface area contributed by atoms with Crippen LogP contribution in [0.25, 0.3) is 21.2 Å². The second kappa shape index (κ2) is 8.93. The van der Waals surface area contributed by atoms with Crippen LogP contribution in [0.2, 0.25) is 0 Å². The summed E-state index contributed by atoms with van der Waals surface area (Å²) in [6, 6.07) is 22.6. The van der Waals surface area contributed by atoms with Gasteiger partial charge in [0, 0.05) is 26.6 Å². The van der Waals surface area contributed by atoms with Crippen molar-refractivity contribution in [3.8, 4) is 16.9 Å². The molecule has 1 aliphatic rings. The van der Waals surface area contributed by atoms with Crippen LogP contribution in [0.15, 0.2) is 72.8 Å². The summed E-state index contributed by atoms with van der Waals surface area (Å²) in [6.07, 6.45) is 0.0329. The van der Waals surface area contributed by atoms with Crippen LogP contribution in [0.3, 0.4) is 0 Å². The Bertz CT molecular complexity index is 1260. The van der Waals surface area contributed by atoms with E-state index < -0.39 is 11.6 Å². The monoisotopic (exact) mass is 487 g/mol. The average Bonchev–Trinajstić information content (AvgIpc) is 3.21. The number of aliphatic hydroxyl groups is 1. The van der Waals surface area contributed by atoms with E-state index >= 15 is 0 Å². The van der Waals surface area contributed by atoms with Crippen LogP contribution in [-0.4, -0.2) is 17.2 Å². The van der Waals surface area contributed by atoms with Gasteiger partial charge in [-0.25, -0.2) is 0 Å². The Labute approximate surface area is 197 Å². The lowest BCUT2D eigenvalue weighted by atomic mass is 9.89. The zero-order valence-corrected chi connectivity index (χ0v) is 18.9. The smallest absolute Gasteiger partial charge is 0.461 e. The maximum absolute atomic E-state index is 12.7. The van der Waals surface area contributed by atoms with E-state index in [1.807, 2.05) is 18.2 Å². The van der Waals surface area contributed by atoms with Crippen molar-refractivity contribution in [3.63, 3.8) is 0 Å². The number of hydrogen-bond donors (Lipinski definition) is 2. The minimum atomic E-state index is -4.39. The van der Waals surface area contributed by atoms with E-state index in [1.165, 1.54) is 15.0 Å². The van der Waals surface area contributed by atoms with E-state index in [0.717, 1.165) is 5.56 Å². The first-order valence-electron chi connectivity index (χ1n) is 10.4. The molecular formula is C25H20F3NO2S2. The molecule has 33 heavy (non-hydrogen) atoms. The number of anilines is 1. The van der Waals surface area contributed by atoms with E-state index in [9.17, 15) is 18.3 Å². The van der Waals surface area contributed by atoms with Crippen LogP contribution in [-0.2, 0) is 6.42 Å². The predicted molar refractivity (Wildman–Crippen MR) is 129 cm³/mol. The number of ether oxygens (including phenoxy) is 1. The molecule has 0 spiro atoms. The zero-order valence-electron chi connectivity index (χ0n) is 17.3. The summed E-state index contributed by atoms with van der Waals surface area (Å²) >= 11 is 1.43. The lowest BCUT2D eigenvalue weighted by molar-refractivity contribution is -0.0323. The number of thiophene rings is 1. The summed E-state index contributed by atoms with van der Waals surface area (Å²) in [7, 11) is 0. The molecule has 2 heterocycles. The number of aliphatic hydroxyl groups excluding tert-OH is 1. The van der Waals surface area contributed by atoms with Gasteiger partial charge in [0.2, 0.25) is 0 Å². The Morgan fingerprint density at radius 2 is 1.82 bits per heavy atom. The Morgan fingerprint density at radius 3 is 2.64 bits per heavy atom. The highest BCUT2D eigenvalue weighted by atomic mass is 32.2. The third-order valence-corrected chi connectivity index (χ3v) is 7.38. The molecule has 4 aromatic rings. The van der Waals surface area contributed by atoms with E-state index in [2.05, 4.69) is 22.9 Å². The first-order chi connectivity index (χ1) is 15.9. The number of halogens is 3. The summed E-state index contributed by atoms with van der Waals surface area (Å²) in [5, 5.41) is 12.2. The van der Waals surface area contributed by atoms with Crippen molar-refractivity contribution in [2.45, 2.75) is 18.0 Å². The highest BCUT2D eigenvalue weighted by Gasteiger charge is 2.31. The molecule has 2 N–H and O–H groups in total. The van der Waals surface area contributed by atoms with Crippen LogP contribution in [0.4, 0.5) is 18.9 Å². The molecule has 8 heteroatoms. The molecule has 0 saturated heterocycles. The van der Waals surface area contributed by atoms with Crippen LogP contribution in [0.5, 0.6) is 5.75 Å². The molecule has 2 unspecified atom stereocenters. The molecule has 0 aliphatic carbocycles.